The predicted molar refractivity (Wildman–Crippen MR) is 117 cm³/mol. The van der Waals surface area contributed by atoms with Crippen LogP contribution in [0, 0.1) is 5.82 Å². The molecule has 3 N–H and O–H groups in total. The van der Waals surface area contributed by atoms with Crippen molar-refractivity contribution in [1.82, 2.24) is 4.90 Å². The zero-order chi connectivity index (χ0) is 21.1. The Hall–Kier alpha value is -2.19. The van der Waals surface area contributed by atoms with Gasteiger partial charge in [0.25, 0.3) is 5.91 Å². The maximum absolute atomic E-state index is 14.4. The van der Waals surface area contributed by atoms with Crippen LogP contribution in [0.15, 0.2) is 42.5 Å². The summed E-state index contributed by atoms with van der Waals surface area (Å²) in [5, 5.41) is 9.76. The Bertz CT molecular complexity index is 901. The minimum absolute atomic E-state index is 0. The molecule has 0 bridgehead atoms. The van der Waals surface area contributed by atoms with Gasteiger partial charge in [-0.25, -0.2) is 4.39 Å². The van der Waals surface area contributed by atoms with Crippen LogP contribution in [0.1, 0.15) is 35.2 Å². The van der Waals surface area contributed by atoms with Crippen molar-refractivity contribution in [3.63, 3.8) is 0 Å². The van der Waals surface area contributed by atoms with Gasteiger partial charge < -0.3 is 25.2 Å². The maximum atomic E-state index is 14.4. The fourth-order valence-corrected chi connectivity index (χ4v) is 4.22. The van der Waals surface area contributed by atoms with E-state index in [4.69, 9.17) is 15.2 Å². The summed E-state index contributed by atoms with van der Waals surface area (Å²) in [6.07, 6.45) is 2.22. The topological polar surface area (TPSA) is 85.0 Å². The molecule has 0 aliphatic carbocycles. The van der Waals surface area contributed by atoms with Gasteiger partial charge in [0, 0.05) is 19.5 Å². The summed E-state index contributed by atoms with van der Waals surface area (Å²) in [4.78, 5) is 14.6. The van der Waals surface area contributed by atoms with Gasteiger partial charge in [-0.3, -0.25) is 4.79 Å². The molecule has 8 heteroatoms. The fraction of sp³-hybridized carbons (Fsp3) is 0.435. The number of halogens is 2. The first kappa shape index (κ1) is 23.5. The van der Waals surface area contributed by atoms with E-state index in [1.54, 1.807) is 4.90 Å². The van der Waals surface area contributed by atoms with Gasteiger partial charge >= 0.3 is 0 Å². The molecule has 2 fully saturated rings. The third kappa shape index (κ3) is 5.36. The molecule has 1 unspecified atom stereocenters. The van der Waals surface area contributed by atoms with E-state index in [0.29, 0.717) is 57.0 Å². The van der Waals surface area contributed by atoms with Crippen LogP contribution in [0.2, 0.25) is 0 Å². The molecule has 0 saturated carbocycles. The predicted octanol–water partition coefficient (Wildman–Crippen LogP) is 3.30. The number of aliphatic hydroxyl groups is 1. The second-order valence-corrected chi connectivity index (χ2v) is 8.07. The number of aliphatic hydroxyl groups excluding tert-OH is 1. The highest BCUT2D eigenvalue weighted by Crippen LogP contribution is 2.36. The van der Waals surface area contributed by atoms with Crippen molar-refractivity contribution in [3.05, 3.63) is 59.4 Å². The normalized spacial score (nSPS) is 19.8. The molecule has 2 aromatic rings. The van der Waals surface area contributed by atoms with E-state index in [-0.39, 0.29) is 29.5 Å². The number of piperidine rings is 1. The van der Waals surface area contributed by atoms with Crippen LogP contribution < -0.4 is 10.5 Å². The van der Waals surface area contributed by atoms with Crippen LogP contribution in [0.5, 0.6) is 11.5 Å². The van der Waals surface area contributed by atoms with Crippen LogP contribution in [0.3, 0.4) is 0 Å². The van der Waals surface area contributed by atoms with E-state index in [1.807, 2.05) is 24.3 Å². The summed E-state index contributed by atoms with van der Waals surface area (Å²) in [6.45, 7) is 1.86. The van der Waals surface area contributed by atoms with Crippen LogP contribution in [-0.4, -0.2) is 53.9 Å². The Morgan fingerprint density at radius 3 is 2.48 bits per heavy atom. The quantitative estimate of drug-likeness (QED) is 0.730. The van der Waals surface area contributed by atoms with E-state index in [2.05, 4.69) is 0 Å². The summed E-state index contributed by atoms with van der Waals surface area (Å²) in [5.74, 6) is 0.0859. The average Bonchev–Trinajstić information content (AvgIpc) is 3.11. The second-order valence-electron chi connectivity index (χ2n) is 8.07. The van der Waals surface area contributed by atoms with E-state index in [1.165, 1.54) is 18.2 Å². The molecule has 1 amide bonds. The van der Waals surface area contributed by atoms with Crippen LogP contribution >= 0.6 is 12.4 Å². The molecule has 0 radical (unpaired) electrons. The van der Waals surface area contributed by atoms with Gasteiger partial charge in [-0.1, -0.05) is 12.1 Å². The van der Waals surface area contributed by atoms with Gasteiger partial charge in [-0.15, -0.1) is 12.4 Å². The molecule has 2 aromatic carbocycles. The van der Waals surface area contributed by atoms with Crippen molar-refractivity contribution in [2.45, 2.75) is 37.4 Å². The number of rotatable bonds is 5. The van der Waals surface area contributed by atoms with Crippen molar-refractivity contribution >= 4 is 18.3 Å². The molecule has 2 heterocycles. The lowest BCUT2D eigenvalue weighted by molar-refractivity contribution is -0.0398. The summed E-state index contributed by atoms with van der Waals surface area (Å²) in [6, 6.07) is 11.7. The first-order chi connectivity index (χ1) is 14.5. The van der Waals surface area contributed by atoms with E-state index in [0.717, 1.165) is 12.0 Å². The van der Waals surface area contributed by atoms with E-state index in [9.17, 15) is 14.3 Å². The average molecular weight is 451 g/mol. The summed E-state index contributed by atoms with van der Waals surface area (Å²) < 4.78 is 26.0. The third-order valence-electron chi connectivity index (χ3n) is 5.91. The van der Waals surface area contributed by atoms with Gasteiger partial charge in [-0.2, -0.15) is 0 Å². The SMILES string of the molecule is Cl.NCCc1ccc(Oc2ccc(F)c(C(=O)N3CCC4(CC3)CC(O)CO4)c2)cc1. The molecule has 2 saturated heterocycles. The highest BCUT2D eigenvalue weighted by molar-refractivity contribution is 5.95. The Labute approximate surface area is 187 Å². The lowest BCUT2D eigenvalue weighted by Crippen LogP contribution is -2.46. The highest BCUT2D eigenvalue weighted by atomic mass is 35.5. The smallest absolute Gasteiger partial charge is 0.256 e. The van der Waals surface area contributed by atoms with Gasteiger partial charge in [0.05, 0.1) is 23.9 Å². The number of nitrogens with zero attached hydrogens (tertiary/aromatic N) is 1. The number of hydrogen-bond acceptors (Lipinski definition) is 5. The van der Waals surface area contributed by atoms with Crippen LogP contribution in [0.4, 0.5) is 4.39 Å². The molecular formula is C23H28ClFN2O4. The second kappa shape index (κ2) is 9.96. The Kier molecular flexibility index (Phi) is 7.54. The molecule has 2 aliphatic heterocycles. The molecule has 4 rings (SSSR count). The molecule has 1 spiro atoms. The zero-order valence-electron chi connectivity index (χ0n) is 17.3. The first-order valence-electron chi connectivity index (χ1n) is 10.4. The van der Waals surface area contributed by atoms with Crippen LogP contribution in [0.25, 0.3) is 0 Å². The van der Waals surface area contributed by atoms with Crippen molar-refractivity contribution < 1.29 is 23.8 Å². The van der Waals surface area contributed by atoms with E-state index < -0.39 is 11.9 Å². The standard InChI is InChI=1S/C23H27FN2O4.ClH/c24-21-6-5-19(30-18-3-1-16(2-4-18)7-10-25)13-20(21)22(28)26-11-8-23(9-12-26)14-17(27)15-29-23;/h1-6,13,17,27H,7-12,14-15,25H2;1H. The Balaban J connectivity index is 0.00000272. The largest absolute Gasteiger partial charge is 0.457 e. The number of nitrogens with two attached hydrogens (primary N) is 1. The van der Waals surface area contributed by atoms with Crippen molar-refractivity contribution in [2.75, 3.05) is 26.2 Å². The lowest BCUT2D eigenvalue weighted by Gasteiger charge is -2.38. The Morgan fingerprint density at radius 2 is 1.87 bits per heavy atom. The number of amides is 1. The summed E-state index contributed by atoms with van der Waals surface area (Å²) in [5.41, 5.74) is 6.32. The number of likely N-dealkylation sites (tertiary alicyclic amines) is 1. The highest BCUT2D eigenvalue weighted by Gasteiger charge is 2.43. The Morgan fingerprint density at radius 1 is 1.19 bits per heavy atom. The molecule has 1 atom stereocenters. The van der Waals surface area contributed by atoms with Gasteiger partial charge in [0.2, 0.25) is 0 Å². The molecule has 6 nitrogen and oxygen atoms in total. The fourth-order valence-electron chi connectivity index (χ4n) is 4.22. The molecule has 2 aliphatic rings. The number of ether oxygens (including phenoxy) is 2. The lowest BCUT2D eigenvalue weighted by atomic mass is 9.88. The molecular weight excluding hydrogens is 423 g/mol. The molecule has 0 aromatic heterocycles. The van der Waals surface area contributed by atoms with E-state index >= 15 is 0 Å². The minimum Gasteiger partial charge on any atom is -0.457 e. The maximum Gasteiger partial charge on any atom is 0.256 e. The molecule has 31 heavy (non-hydrogen) atoms. The van der Waals surface area contributed by atoms with Gasteiger partial charge in [0.15, 0.2) is 0 Å². The summed E-state index contributed by atoms with van der Waals surface area (Å²) in [7, 11) is 0. The first-order valence-corrected chi connectivity index (χ1v) is 10.4. The van der Waals surface area contributed by atoms with Crippen molar-refractivity contribution in [1.29, 1.82) is 0 Å². The number of carbonyl (C=O) groups is 1. The zero-order valence-corrected chi connectivity index (χ0v) is 18.1. The third-order valence-corrected chi connectivity index (χ3v) is 5.91. The minimum atomic E-state index is -0.571. The van der Waals surface area contributed by atoms with Gasteiger partial charge in [0.1, 0.15) is 17.3 Å². The number of benzene rings is 2. The van der Waals surface area contributed by atoms with Crippen molar-refractivity contribution in [2.24, 2.45) is 5.73 Å². The van der Waals surface area contributed by atoms with Crippen molar-refractivity contribution in [3.8, 4) is 11.5 Å². The molecule has 168 valence electrons. The van der Waals surface area contributed by atoms with Gasteiger partial charge in [-0.05, 0) is 61.7 Å². The number of carbonyl (C=O) groups excluding carboxylic acids is 1. The number of hydrogen-bond donors (Lipinski definition) is 2. The summed E-state index contributed by atoms with van der Waals surface area (Å²) >= 11 is 0. The monoisotopic (exact) mass is 450 g/mol. The van der Waals surface area contributed by atoms with Crippen LogP contribution in [-0.2, 0) is 11.2 Å².